The van der Waals surface area contributed by atoms with Gasteiger partial charge in [0.25, 0.3) is 0 Å². The molecule has 2 aromatic rings. The summed E-state index contributed by atoms with van der Waals surface area (Å²) in [5, 5.41) is 4.30. The number of hydrogen-bond acceptors (Lipinski definition) is 4. The number of aromatic nitrogens is 1. The van der Waals surface area contributed by atoms with Gasteiger partial charge in [0.2, 0.25) is 0 Å². The van der Waals surface area contributed by atoms with E-state index in [-0.39, 0.29) is 5.60 Å². The molecule has 0 bridgehead atoms. The fraction of sp³-hybridized carbons (Fsp3) is 0.471. The van der Waals surface area contributed by atoms with E-state index in [2.05, 4.69) is 43.4 Å². The van der Waals surface area contributed by atoms with Gasteiger partial charge in [0.1, 0.15) is 10.6 Å². The van der Waals surface area contributed by atoms with E-state index in [1.165, 1.54) is 10.4 Å². The Labute approximate surface area is 131 Å². The quantitative estimate of drug-likeness (QED) is 0.833. The summed E-state index contributed by atoms with van der Waals surface area (Å²) in [5.41, 5.74) is 2.07. The smallest absolute Gasteiger partial charge is 0.126 e. The van der Waals surface area contributed by atoms with Crippen molar-refractivity contribution in [2.75, 3.05) is 14.2 Å². The lowest BCUT2D eigenvalue weighted by atomic mass is 9.98. The van der Waals surface area contributed by atoms with Crippen LogP contribution in [0.4, 0.5) is 0 Å². The van der Waals surface area contributed by atoms with E-state index in [1.807, 2.05) is 13.1 Å². The number of benzene rings is 1. The Bertz CT molecular complexity index is 553. The van der Waals surface area contributed by atoms with E-state index in [0.29, 0.717) is 0 Å². The average molecular weight is 304 g/mol. The predicted molar refractivity (Wildman–Crippen MR) is 89.6 cm³/mol. The van der Waals surface area contributed by atoms with Crippen LogP contribution >= 0.6 is 11.3 Å². The van der Waals surface area contributed by atoms with Gasteiger partial charge in [-0.3, -0.25) is 0 Å². The van der Waals surface area contributed by atoms with Crippen LogP contribution in [0.5, 0.6) is 0 Å². The molecule has 0 aliphatic carbocycles. The highest BCUT2D eigenvalue weighted by atomic mass is 32.1. The molecule has 0 unspecified atom stereocenters. The van der Waals surface area contributed by atoms with Crippen LogP contribution < -0.4 is 5.32 Å². The van der Waals surface area contributed by atoms with Gasteiger partial charge in [-0.15, -0.1) is 11.3 Å². The van der Waals surface area contributed by atoms with Crippen molar-refractivity contribution < 1.29 is 4.74 Å². The normalized spacial score (nSPS) is 11.8. The monoisotopic (exact) mass is 304 g/mol. The van der Waals surface area contributed by atoms with Crippen molar-refractivity contribution in [3.05, 3.63) is 41.0 Å². The maximum Gasteiger partial charge on any atom is 0.126 e. The molecule has 0 atom stereocenters. The topological polar surface area (TPSA) is 34.1 Å². The van der Waals surface area contributed by atoms with Crippen molar-refractivity contribution in [1.82, 2.24) is 10.3 Å². The Morgan fingerprint density at radius 3 is 2.38 bits per heavy atom. The second kappa shape index (κ2) is 7.16. The first-order valence-electron chi connectivity index (χ1n) is 7.46. The van der Waals surface area contributed by atoms with E-state index < -0.39 is 0 Å². The minimum Gasteiger partial charge on any atom is -0.371 e. The second-order valence-corrected chi connectivity index (χ2v) is 6.10. The summed E-state index contributed by atoms with van der Waals surface area (Å²) in [6.07, 6.45) is 1.86. The molecule has 114 valence electrons. The first-order valence-corrected chi connectivity index (χ1v) is 8.27. The zero-order valence-corrected chi connectivity index (χ0v) is 14.1. The predicted octanol–water partition coefficient (Wildman–Crippen LogP) is 4.19. The van der Waals surface area contributed by atoms with Gasteiger partial charge in [-0.2, -0.15) is 0 Å². The van der Waals surface area contributed by atoms with Gasteiger partial charge in [0, 0.05) is 13.7 Å². The van der Waals surface area contributed by atoms with Crippen LogP contribution in [0.2, 0.25) is 0 Å². The molecule has 1 N–H and O–H groups in total. The number of ether oxygens (including phenoxy) is 1. The fourth-order valence-electron chi connectivity index (χ4n) is 2.58. The molecule has 0 aliphatic heterocycles. The molecule has 1 aromatic heterocycles. The van der Waals surface area contributed by atoms with Crippen molar-refractivity contribution >= 4 is 11.3 Å². The molecule has 1 heterocycles. The summed E-state index contributed by atoms with van der Waals surface area (Å²) < 4.78 is 5.83. The summed E-state index contributed by atoms with van der Waals surface area (Å²) in [4.78, 5) is 6.13. The van der Waals surface area contributed by atoms with Crippen LogP contribution in [0.25, 0.3) is 10.4 Å². The molecule has 0 amide bonds. The number of nitrogens with zero attached hydrogens (tertiary/aromatic N) is 1. The zero-order chi connectivity index (χ0) is 15.3. The molecule has 21 heavy (non-hydrogen) atoms. The van der Waals surface area contributed by atoms with Gasteiger partial charge in [-0.05, 0) is 25.5 Å². The van der Waals surface area contributed by atoms with Crippen molar-refractivity contribution in [3.8, 4) is 10.4 Å². The second-order valence-electron chi connectivity index (χ2n) is 5.10. The molecule has 0 radical (unpaired) electrons. The van der Waals surface area contributed by atoms with E-state index in [0.717, 1.165) is 30.1 Å². The average Bonchev–Trinajstić information content (AvgIpc) is 2.95. The molecule has 0 aliphatic rings. The highest BCUT2D eigenvalue weighted by Gasteiger charge is 2.32. The number of rotatable bonds is 7. The maximum atomic E-state index is 5.83. The molecule has 2 rings (SSSR count). The minimum atomic E-state index is -0.264. The van der Waals surface area contributed by atoms with Crippen LogP contribution in [0.3, 0.4) is 0 Å². The van der Waals surface area contributed by atoms with E-state index in [4.69, 9.17) is 9.72 Å². The first kappa shape index (κ1) is 16.1. The zero-order valence-electron chi connectivity index (χ0n) is 13.3. The maximum absolute atomic E-state index is 5.83. The lowest BCUT2D eigenvalue weighted by molar-refractivity contribution is -0.0219. The summed E-state index contributed by atoms with van der Waals surface area (Å²) in [6, 6.07) is 10.5. The number of thiazole rings is 1. The van der Waals surface area contributed by atoms with Gasteiger partial charge in [-0.25, -0.2) is 4.98 Å². The lowest BCUT2D eigenvalue weighted by Crippen LogP contribution is -2.26. The number of nitrogens with one attached hydrogen (secondary N) is 1. The Kier molecular flexibility index (Phi) is 5.51. The standard InChI is InChI=1S/C17H24N2OS/c1-5-17(6-2,20-4)16-19-14(12-18-3)15(21-16)13-10-8-7-9-11-13/h7-11,18H,5-6,12H2,1-4H3. The van der Waals surface area contributed by atoms with Crippen molar-refractivity contribution in [1.29, 1.82) is 0 Å². The van der Waals surface area contributed by atoms with Gasteiger partial charge in [0.05, 0.1) is 10.6 Å². The third kappa shape index (κ3) is 3.18. The Morgan fingerprint density at radius 1 is 1.19 bits per heavy atom. The molecule has 0 spiro atoms. The molecular formula is C17H24N2OS. The molecule has 0 fully saturated rings. The van der Waals surface area contributed by atoms with Crippen LogP contribution in [-0.4, -0.2) is 19.1 Å². The van der Waals surface area contributed by atoms with Crippen LogP contribution in [0, 0.1) is 0 Å². The van der Waals surface area contributed by atoms with Crippen molar-refractivity contribution in [3.63, 3.8) is 0 Å². The van der Waals surface area contributed by atoms with Crippen LogP contribution in [0.15, 0.2) is 30.3 Å². The summed E-state index contributed by atoms with van der Waals surface area (Å²) in [5.74, 6) is 0. The summed E-state index contributed by atoms with van der Waals surface area (Å²) in [7, 11) is 3.74. The number of methoxy groups -OCH3 is 1. The molecule has 1 aromatic carbocycles. The Balaban J connectivity index is 2.51. The molecule has 0 saturated heterocycles. The minimum absolute atomic E-state index is 0.264. The third-order valence-corrected chi connectivity index (χ3v) is 5.33. The number of hydrogen-bond donors (Lipinski definition) is 1. The largest absolute Gasteiger partial charge is 0.371 e. The first-order chi connectivity index (χ1) is 10.2. The molecule has 0 saturated carbocycles. The van der Waals surface area contributed by atoms with Crippen LogP contribution in [-0.2, 0) is 16.9 Å². The van der Waals surface area contributed by atoms with Gasteiger partial charge in [-0.1, -0.05) is 44.2 Å². The van der Waals surface area contributed by atoms with E-state index in [9.17, 15) is 0 Å². The highest BCUT2D eigenvalue weighted by Crippen LogP contribution is 2.40. The SMILES string of the molecule is CCC(CC)(OC)c1nc(CNC)c(-c2ccccc2)s1. The van der Waals surface area contributed by atoms with Crippen molar-refractivity contribution in [2.45, 2.75) is 38.8 Å². The Hall–Kier alpha value is -1.23. The van der Waals surface area contributed by atoms with Gasteiger partial charge >= 0.3 is 0 Å². The molecule has 4 heteroatoms. The third-order valence-electron chi connectivity index (χ3n) is 4.00. The van der Waals surface area contributed by atoms with Crippen molar-refractivity contribution in [2.24, 2.45) is 0 Å². The summed E-state index contributed by atoms with van der Waals surface area (Å²) >= 11 is 1.76. The molecular weight excluding hydrogens is 280 g/mol. The van der Waals surface area contributed by atoms with Gasteiger partial charge < -0.3 is 10.1 Å². The van der Waals surface area contributed by atoms with E-state index >= 15 is 0 Å². The van der Waals surface area contributed by atoms with E-state index in [1.54, 1.807) is 18.4 Å². The Morgan fingerprint density at radius 2 is 1.86 bits per heavy atom. The van der Waals surface area contributed by atoms with Crippen LogP contribution in [0.1, 0.15) is 37.4 Å². The highest BCUT2D eigenvalue weighted by molar-refractivity contribution is 7.15. The lowest BCUT2D eigenvalue weighted by Gasteiger charge is -2.27. The molecule has 3 nitrogen and oxygen atoms in total. The fourth-order valence-corrected chi connectivity index (χ4v) is 3.97. The van der Waals surface area contributed by atoms with Gasteiger partial charge in [0.15, 0.2) is 0 Å². The summed E-state index contributed by atoms with van der Waals surface area (Å²) in [6.45, 7) is 5.09.